The highest BCUT2D eigenvalue weighted by Gasteiger charge is 2.48. The Morgan fingerprint density at radius 1 is 1.29 bits per heavy atom. The lowest BCUT2D eigenvalue weighted by Gasteiger charge is -2.49. The number of ether oxygens (including phenoxy) is 1. The van der Waals surface area contributed by atoms with E-state index in [1.807, 2.05) is 6.92 Å². The van der Waals surface area contributed by atoms with Gasteiger partial charge in [0.05, 0.1) is 12.1 Å². The Balaban J connectivity index is 1.57. The molecule has 1 aliphatic carbocycles. The highest BCUT2D eigenvalue weighted by molar-refractivity contribution is 5.82. The van der Waals surface area contributed by atoms with Crippen LogP contribution in [0.4, 0.5) is 0 Å². The number of amides is 1. The SMILES string of the molecule is CC(C)CCN1CCC2(CC1)CN(C1CC1)C(=O)[C@H](C)O2. The molecule has 0 bridgehead atoms. The Hall–Kier alpha value is -0.610. The molecule has 1 atom stereocenters. The van der Waals surface area contributed by atoms with Gasteiger partial charge in [0.2, 0.25) is 0 Å². The minimum atomic E-state index is -0.249. The van der Waals surface area contributed by atoms with Crippen molar-refractivity contribution in [3.8, 4) is 0 Å². The van der Waals surface area contributed by atoms with Gasteiger partial charge in [-0.05, 0) is 51.5 Å². The minimum Gasteiger partial charge on any atom is -0.360 e. The lowest BCUT2D eigenvalue weighted by Crippen LogP contribution is -2.61. The molecular formula is C17H30N2O2. The molecule has 0 radical (unpaired) electrons. The third-order valence-electron chi connectivity index (χ3n) is 5.29. The molecule has 0 N–H and O–H groups in total. The number of piperidine rings is 1. The Kier molecular flexibility index (Phi) is 4.28. The molecule has 4 heteroatoms. The van der Waals surface area contributed by atoms with Gasteiger partial charge in [-0.25, -0.2) is 0 Å². The van der Waals surface area contributed by atoms with E-state index in [1.54, 1.807) is 0 Å². The Morgan fingerprint density at radius 2 is 1.95 bits per heavy atom. The first-order valence-corrected chi connectivity index (χ1v) is 8.70. The van der Waals surface area contributed by atoms with Crippen molar-refractivity contribution in [1.29, 1.82) is 0 Å². The summed E-state index contributed by atoms with van der Waals surface area (Å²) in [6.07, 6.45) is 5.56. The molecule has 2 aliphatic heterocycles. The molecule has 1 spiro atoms. The summed E-state index contributed by atoms with van der Waals surface area (Å²) in [7, 11) is 0. The number of carbonyl (C=O) groups excluding carboxylic acids is 1. The van der Waals surface area contributed by atoms with Crippen LogP contribution in [0.25, 0.3) is 0 Å². The first-order valence-electron chi connectivity index (χ1n) is 8.70. The van der Waals surface area contributed by atoms with Crippen LogP contribution in [0.1, 0.15) is 52.9 Å². The molecule has 2 heterocycles. The molecule has 2 saturated heterocycles. The summed E-state index contributed by atoms with van der Waals surface area (Å²) in [5.74, 6) is 0.986. The van der Waals surface area contributed by atoms with E-state index in [4.69, 9.17) is 4.74 Å². The topological polar surface area (TPSA) is 32.8 Å². The van der Waals surface area contributed by atoms with Gasteiger partial charge in [0.25, 0.3) is 5.91 Å². The maximum Gasteiger partial charge on any atom is 0.251 e. The van der Waals surface area contributed by atoms with Crippen LogP contribution in [0.15, 0.2) is 0 Å². The Labute approximate surface area is 128 Å². The van der Waals surface area contributed by atoms with Crippen LogP contribution in [-0.4, -0.2) is 59.6 Å². The summed E-state index contributed by atoms with van der Waals surface area (Å²) >= 11 is 0. The number of nitrogens with zero attached hydrogens (tertiary/aromatic N) is 2. The first-order chi connectivity index (χ1) is 9.99. The fraction of sp³-hybridized carbons (Fsp3) is 0.941. The van der Waals surface area contributed by atoms with Crippen molar-refractivity contribution in [3.05, 3.63) is 0 Å². The molecule has 1 amide bonds. The predicted octanol–water partition coefficient (Wildman–Crippen LogP) is 2.28. The normalized spacial score (nSPS) is 30.4. The molecule has 3 rings (SSSR count). The number of carbonyl (C=O) groups is 1. The third-order valence-corrected chi connectivity index (χ3v) is 5.29. The second-order valence-electron chi connectivity index (χ2n) is 7.66. The summed E-state index contributed by atoms with van der Waals surface area (Å²) in [5, 5.41) is 0. The minimum absolute atomic E-state index is 0.0652. The molecule has 120 valence electrons. The zero-order chi connectivity index (χ0) is 15.0. The number of morpholine rings is 1. The maximum absolute atomic E-state index is 12.3. The van der Waals surface area contributed by atoms with Crippen molar-refractivity contribution in [1.82, 2.24) is 9.80 Å². The van der Waals surface area contributed by atoms with Gasteiger partial charge in [-0.2, -0.15) is 0 Å². The lowest BCUT2D eigenvalue weighted by atomic mass is 9.88. The van der Waals surface area contributed by atoms with Gasteiger partial charge in [0.15, 0.2) is 0 Å². The second-order valence-corrected chi connectivity index (χ2v) is 7.66. The smallest absolute Gasteiger partial charge is 0.251 e. The quantitative estimate of drug-likeness (QED) is 0.797. The van der Waals surface area contributed by atoms with Crippen LogP contribution in [-0.2, 0) is 9.53 Å². The van der Waals surface area contributed by atoms with Crippen molar-refractivity contribution in [3.63, 3.8) is 0 Å². The van der Waals surface area contributed by atoms with E-state index < -0.39 is 0 Å². The predicted molar refractivity (Wildman–Crippen MR) is 83.1 cm³/mol. The molecule has 0 aromatic carbocycles. The van der Waals surface area contributed by atoms with Gasteiger partial charge in [0.1, 0.15) is 6.10 Å². The molecule has 3 fully saturated rings. The van der Waals surface area contributed by atoms with Crippen LogP contribution in [0.3, 0.4) is 0 Å². The van der Waals surface area contributed by atoms with Crippen molar-refractivity contribution < 1.29 is 9.53 Å². The molecule has 4 nitrogen and oxygen atoms in total. The Morgan fingerprint density at radius 3 is 2.52 bits per heavy atom. The van der Waals surface area contributed by atoms with Gasteiger partial charge in [0, 0.05) is 19.1 Å². The van der Waals surface area contributed by atoms with E-state index in [9.17, 15) is 4.79 Å². The standard InChI is InChI=1S/C17H30N2O2/c1-13(2)6-9-18-10-7-17(8-11-18)12-19(15-4-5-15)16(20)14(3)21-17/h13-15H,4-12H2,1-3H3/t14-/m0/s1. The third kappa shape index (κ3) is 3.42. The zero-order valence-electron chi connectivity index (χ0n) is 13.8. The van der Waals surface area contributed by atoms with Gasteiger partial charge < -0.3 is 14.5 Å². The average molecular weight is 294 g/mol. The molecule has 0 aromatic rings. The van der Waals surface area contributed by atoms with E-state index in [0.29, 0.717) is 6.04 Å². The molecule has 0 aromatic heterocycles. The molecule has 1 saturated carbocycles. The van der Waals surface area contributed by atoms with E-state index in [0.717, 1.165) is 38.4 Å². The number of hydrogen-bond acceptors (Lipinski definition) is 3. The summed E-state index contributed by atoms with van der Waals surface area (Å²) < 4.78 is 6.19. The summed E-state index contributed by atoms with van der Waals surface area (Å²) in [6.45, 7) is 10.8. The molecule has 3 aliphatic rings. The van der Waals surface area contributed by atoms with E-state index in [-0.39, 0.29) is 17.6 Å². The van der Waals surface area contributed by atoms with Crippen molar-refractivity contribution in [2.45, 2.75) is 70.6 Å². The first kappa shape index (κ1) is 15.3. The van der Waals surface area contributed by atoms with Crippen LogP contribution < -0.4 is 0 Å². The number of hydrogen-bond donors (Lipinski definition) is 0. The van der Waals surface area contributed by atoms with Crippen molar-refractivity contribution >= 4 is 5.91 Å². The number of rotatable bonds is 4. The monoisotopic (exact) mass is 294 g/mol. The van der Waals surface area contributed by atoms with Gasteiger partial charge >= 0.3 is 0 Å². The molecular weight excluding hydrogens is 264 g/mol. The van der Waals surface area contributed by atoms with Crippen LogP contribution >= 0.6 is 0 Å². The van der Waals surface area contributed by atoms with E-state index in [1.165, 1.54) is 25.8 Å². The van der Waals surface area contributed by atoms with E-state index >= 15 is 0 Å². The fourth-order valence-electron chi connectivity index (χ4n) is 3.68. The summed E-state index contributed by atoms with van der Waals surface area (Å²) in [6, 6.07) is 0.514. The van der Waals surface area contributed by atoms with E-state index in [2.05, 4.69) is 23.6 Å². The van der Waals surface area contributed by atoms with Crippen LogP contribution in [0.2, 0.25) is 0 Å². The van der Waals surface area contributed by atoms with Gasteiger partial charge in [-0.15, -0.1) is 0 Å². The van der Waals surface area contributed by atoms with Crippen molar-refractivity contribution in [2.24, 2.45) is 5.92 Å². The lowest BCUT2D eigenvalue weighted by molar-refractivity contribution is -0.190. The second kappa shape index (κ2) is 5.88. The van der Waals surface area contributed by atoms with Crippen molar-refractivity contribution in [2.75, 3.05) is 26.2 Å². The zero-order valence-corrected chi connectivity index (χ0v) is 13.8. The largest absolute Gasteiger partial charge is 0.360 e. The van der Waals surface area contributed by atoms with Crippen LogP contribution in [0.5, 0.6) is 0 Å². The summed E-state index contributed by atoms with van der Waals surface area (Å²) in [5.41, 5.74) is -0.0652. The summed E-state index contributed by atoms with van der Waals surface area (Å²) in [4.78, 5) is 17.0. The molecule has 0 unspecified atom stereocenters. The average Bonchev–Trinajstić information content (AvgIpc) is 3.27. The highest BCUT2D eigenvalue weighted by Crippen LogP contribution is 2.38. The highest BCUT2D eigenvalue weighted by atomic mass is 16.5. The maximum atomic E-state index is 12.3. The Bertz CT molecular complexity index is 384. The fourth-order valence-corrected chi connectivity index (χ4v) is 3.68. The molecule has 21 heavy (non-hydrogen) atoms. The van der Waals surface area contributed by atoms with Crippen LogP contribution in [0, 0.1) is 5.92 Å². The van der Waals surface area contributed by atoms with Gasteiger partial charge in [-0.3, -0.25) is 4.79 Å². The van der Waals surface area contributed by atoms with Gasteiger partial charge in [-0.1, -0.05) is 13.8 Å². The number of likely N-dealkylation sites (tertiary alicyclic amines) is 1.